The zero-order valence-electron chi connectivity index (χ0n) is 12.2. The molecule has 1 saturated carbocycles. The molecule has 1 atom stereocenters. The smallest absolute Gasteiger partial charge is 0.306 e. The minimum Gasteiger partial charge on any atom is -0.481 e. The topological polar surface area (TPSA) is 92.4 Å². The van der Waals surface area contributed by atoms with Crippen LogP contribution >= 0.6 is 0 Å². The van der Waals surface area contributed by atoms with Gasteiger partial charge in [0.15, 0.2) is 0 Å². The highest BCUT2D eigenvalue weighted by Gasteiger charge is 2.33. The Morgan fingerprint density at radius 2 is 1.76 bits per heavy atom. The summed E-state index contributed by atoms with van der Waals surface area (Å²) >= 11 is 0. The van der Waals surface area contributed by atoms with Crippen LogP contribution in [-0.4, -0.2) is 23.0 Å². The van der Waals surface area contributed by atoms with Gasteiger partial charge in [-0.1, -0.05) is 30.3 Å². The number of nitrogens with two attached hydrogens (primary N) is 1. The van der Waals surface area contributed by atoms with Gasteiger partial charge in [0, 0.05) is 6.04 Å². The molecule has 114 valence electrons. The summed E-state index contributed by atoms with van der Waals surface area (Å²) in [5.74, 6) is -1.24. The summed E-state index contributed by atoms with van der Waals surface area (Å²) in [5.41, 5.74) is 5.86. The molecule has 0 aliphatic heterocycles. The van der Waals surface area contributed by atoms with Crippen LogP contribution in [0.15, 0.2) is 30.3 Å². The van der Waals surface area contributed by atoms with Crippen LogP contribution in [0.4, 0.5) is 0 Å². The van der Waals surface area contributed by atoms with E-state index in [-0.39, 0.29) is 17.9 Å². The fourth-order valence-electron chi connectivity index (χ4n) is 2.74. The van der Waals surface area contributed by atoms with Crippen molar-refractivity contribution < 1.29 is 14.7 Å². The lowest BCUT2D eigenvalue weighted by Gasteiger charge is -2.31. The van der Waals surface area contributed by atoms with Crippen molar-refractivity contribution in [3.8, 4) is 0 Å². The molecule has 0 spiro atoms. The van der Waals surface area contributed by atoms with Crippen molar-refractivity contribution in [1.82, 2.24) is 5.32 Å². The number of carboxylic acids is 1. The third-order valence-electron chi connectivity index (χ3n) is 4.26. The van der Waals surface area contributed by atoms with Crippen molar-refractivity contribution in [2.45, 2.75) is 44.2 Å². The average molecular weight is 290 g/mol. The van der Waals surface area contributed by atoms with Crippen molar-refractivity contribution in [3.63, 3.8) is 0 Å². The van der Waals surface area contributed by atoms with Gasteiger partial charge in [-0.25, -0.2) is 0 Å². The average Bonchev–Trinajstić information content (AvgIpc) is 2.48. The zero-order valence-corrected chi connectivity index (χ0v) is 12.2. The highest BCUT2D eigenvalue weighted by atomic mass is 16.4. The molecule has 0 heterocycles. The van der Waals surface area contributed by atoms with Gasteiger partial charge in [0.25, 0.3) is 0 Å². The molecule has 0 saturated heterocycles. The first-order valence-corrected chi connectivity index (χ1v) is 7.29. The number of carbonyl (C=O) groups excluding carboxylic acids is 1. The third-order valence-corrected chi connectivity index (χ3v) is 4.26. The minimum absolute atomic E-state index is 0.0136. The Morgan fingerprint density at radius 3 is 2.29 bits per heavy atom. The lowest BCUT2D eigenvalue weighted by molar-refractivity contribution is -0.142. The molecule has 1 fully saturated rings. The maximum absolute atomic E-state index is 12.4. The second-order valence-corrected chi connectivity index (χ2v) is 5.93. The molecule has 4 N–H and O–H groups in total. The van der Waals surface area contributed by atoms with E-state index in [4.69, 9.17) is 10.8 Å². The predicted octanol–water partition coefficient (Wildman–Crippen LogP) is 1.62. The van der Waals surface area contributed by atoms with Crippen LogP contribution in [0.5, 0.6) is 0 Å². The molecule has 1 aromatic carbocycles. The Balaban J connectivity index is 1.95. The molecule has 5 nitrogen and oxygen atoms in total. The van der Waals surface area contributed by atoms with E-state index in [1.54, 1.807) is 6.92 Å². The Bertz CT molecular complexity index is 506. The number of carboxylic acid groups (broad SMARTS) is 1. The van der Waals surface area contributed by atoms with Gasteiger partial charge in [0.1, 0.15) is 5.54 Å². The number of amides is 1. The van der Waals surface area contributed by atoms with E-state index in [9.17, 15) is 9.59 Å². The summed E-state index contributed by atoms with van der Waals surface area (Å²) in [4.78, 5) is 23.3. The zero-order chi connectivity index (χ0) is 15.5. The highest BCUT2D eigenvalue weighted by Crippen LogP contribution is 2.25. The van der Waals surface area contributed by atoms with Gasteiger partial charge in [-0.15, -0.1) is 0 Å². The second-order valence-electron chi connectivity index (χ2n) is 5.93. The maximum Gasteiger partial charge on any atom is 0.306 e. The molecular weight excluding hydrogens is 268 g/mol. The van der Waals surface area contributed by atoms with Crippen molar-refractivity contribution in [2.75, 3.05) is 0 Å². The molecule has 2 rings (SSSR count). The molecular formula is C16H22N2O3. The van der Waals surface area contributed by atoms with E-state index in [0.717, 1.165) is 5.56 Å². The van der Waals surface area contributed by atoms with Gasteiger partial charge in [0.05, 0.1) is 5.92 Å². The van der Waals surface area contributed by atoms with Gasteiger partial charge in [-0.2, -0.15) is 0 Å². The third kappa shape index (κ3) is 3.61. The minimum atomic E-state index is -1.08. The number of benzene rings is 1. The summed E-state index contributed by atoms with van der Waals surface area (Å²) < 4.78 is 0. The van der Waals surface area contributed by atoms with E-state index in [1.165, 1.54) is 0 Å². The van der Waals surface area contributed by atoms with Crippen LogP contribution in [0.2, 0.25) is 0 Å². The number of aliphatic carboxylic acids is 1. The maximum atomic E-state index is 12.4. The first-order chi connectivity index (χ1) is 9.91. The van der Waals surface area contributed by atoms with Crippen molar-refractivity contribution >= 4 is 11.9 Å². The van der Waals surface area contributed by atoms with E-state index < -0.39 is 11.5 Å². The van der Waals surface area contributed by atoms with Crippen LogP contribution in [0.1, 0.15) is 38.2 Å². The Labute approximate surface area is 124 Å². The van der Waals surface area contributed by atoms with Gasteiger partial charge < -0.3 is 16.2 Å². The number of hydrogen-bond donors (Lipinski definition) is 3. The number of carbonyl (C=O) groups is 2. The summed E-state index contributed by atoms with van der Waals surface area (Å²) in [5, 5.41) is 11.9. The summed E-state index contributed by atoms with van der Waals surface area (Å²) in [6, 6.07) is 9.27. The molecule has 1 amide bonds. The molecule has 0 aromatic heterocycles. The van der Waals surface area contributed by atoms with Crippen molar-refractivity contribution in [2.24, 2.45) is 11.7 Å². The molecule has 21 heavy (non-hydrogen) atoms. The van der Waals surface area contributed by atoms with Crippen LogP contribution in [0, 0.1) is 5.92 Å². The quantitative estimate of drug-likeness (QED) is 0.785. The SMILES string of the molecule is CC(N)(C(=O)NC1CCC(C(=O)O)CC1)c1ccccc1. The molecule has 1 aromatic rings. The number of rotatable bonds is 4. The lowest BCUT2D eigenvalue weighted by Crippen LogP contribution is -2.52. The van der Waals surface area contributed by atoms with Gasteiger partial charge in [0.2, 0.25) is 5.91 Å². The number of nitrogens with one attached hydrogen (secondary N) is 1. The molecule has 1 aliphatic carbocycles. The van der Waals surface area contributed by atoms with E-state index in [0.29, 0.717) is 25.7 Å². The Morgan fingerprint density at radius 1 is 1.19 bits per heavy atom. The first-order valence-electron chi connectivity index (χ1n) is 7.29. The fourth-order valence-corrected chi connectivity index (χ4v) is 2.74. The van der Waals surface area contributed by atoms with Crippen LogP contribution < -0.4 is 11.1 Å². The normalized spacial score (nSPS) is 24.9. The monoisotopic (exact) mass is 290 g/mol. The summed E-state index contributed by atoms with van der Waals surface area (Å²) in [6.45, 7) is 1.69. The highest BCUT2D eigenvalue weighted by molar-refractivity contribution is 5.87. The van der Waals surface area contributed by atoms with Crippen molar-refractivity contribution in [1.29, 1.82) is 0 Å². The molecule has 1 aliphatic rings. The predicted molar refractivity (Wildman–Crippen MR) is 79.5 cm³/mol. The van der Waals surface area contributed by atoms with Crippen LogP contribution in [0.25, 0.3) is 0 Å². The van der Waals surface area contributed by atoms with Gasteiger partial charge >= 0.3 is 5.97 Å². The van der Waals surface area contributed by atoms with Gasteiger partial charge in [-0.3, -0.25) is 9.59 Å². The second kappa shape index (κ2) is 6.26. The Hall–Kier alpha value is -1.88. The summed E-state index contributed by atoms with van der Waals surface area (Å²) in [7, 11) is 0. The molecule has 1 unspecified atom stereocenters. The van der Waals surface area contributed by atoms with Gasteiger partial charge in [-0.05, 0) is 38.2 Å². The largest absolute Gasteiger partial charge is 0.481 e. The van der Waals surface area contributed by atoms with Crippen molar-refractivity contribution in [3.05, 3.63) is 35.9 Å². The van der Waals surface area contributed by atoms with E-state index >= 15 is 0 Å². The molecule has 5 heteroatoms. The molecule has 0 radical (unpaired) electrons. The first kappa shape index (κ1) is 15.5. The van der Waals surface area contributed by atoms with E-state index in [1.807, 2.05) is 30.3 Å². The molecule has 0 bridgehead atoms. The van der Waals surface area contributed by atoms with E-state index in [2.05, 4.69) is 5.32 Å². The standard InChI is InChI=1S/C16H22N2O3/c1-16(17,12-5-3-2-4-6-12)15(21)18-13-9-7-11(8-10-13)14(19)20/h2-6,11,13H,7-10,17H2,1H3,(H,18,21)(H,19,20). The van der Waals surface area contributed by atoms with Crippen LogP contribution in [0.3, 0.4) is 0 Å². The fraction of sp³-hybridized carbons (Fsp3) is 0.500. The number of hydrogen-bond acceptors (Lipinski definition) is 3. The lowest BCUT2D eigenvalue weighted by atomic mass is 9.85. The Kier molecular flexibility index (Phi) is 4.63. The summed E-state index contributed by atoms with van der Waals surface area (Å²) in [6.07, 6.45) is 2.58. The van der Waals surface area contributed by atoms with Crippen LogP contribution in [-0.2, 0) is 15.1 Å².